The van der Waals surface area contributed by atoms with Crippen LogP contribution in [0.4, 0.5) is 0 Å². The fourth-order valence-electron chi connectivity index (χ4n) is 2.71. The van der Waals surface area contributed by atoms with Gasteiger partial charge in [0.15, 0.2) is 0 Å². The van der Waals surface area contributed by atoms with Gasteiger partial charge in [-0.1, -0.05) is 0 Å². The largest absolute Gasteiger partial charge is 0.379 e. The lowest BCUT2D eigenvalue weighted by Gasteiger charge is -2.39. The topological polar surface area (TPSA) is 38.5 Å². The highest BCUT2D eigenvalue weighted by molar-refractivity contribution is 5.85. The van der Waals surface area contributed by atoms with Gasteiger partial charge in [-0.15, -0.1) is 12.4 Å². The van der Waals surface area contributed by atoms with E-state index in [4.69, 9.17) is 10.5 Å². The van der Waals surface area contributed by atoms with Gasteiger partial charge in [-0.2, -0.15) is 0 Å². The van der Waals surface area contributed by atoms with Crippen molar-refractivity contribution in [1.29, 1.82) is 0 Å². The lowest BCUT2D eigenvalue weighted by molar-refractivity contribution is 0.0970. The number of ether oxygens (including phenoxy) is 1. The first kappa shape index (κ1) is 13.2. The number of piperidine rings is 1. The van der Waals surface area contributed by atoms with Gasteiger partial charge in [-0.25, -0.2) is 0 Å². The van der Waals surface area contributed by atoms with Crippen molar-refractivity contribution < 1.29 is 4.74 Å². The zero-order chi connectivity index (χ0) is 10.2. The number of hydrogen-bond acceptors (Lipinski definition) is 3. The molecule has 0 aliphatic carbocycles. The third kappa shape index (κ3) is 3.31. The summed E-state index contributed by atoms with van der Waals surface area (Å²) >= 11 is 0. The van der Waals surface area contributed by atoms with Gasteiger partial charge in [0.05, 0.1) is 13.2 Å². The van der Waals surface area contributed by atoms with Crippen molar-refractivity contribution >= 4 is 12.4 Å². The molecule has 0 saturated carbocycles. The van der Waals surface area contributed by atoms with Crippen molar-refractivity contribution in [3.05, 3.63) is 0 Å². The molecule has 0 spiro atoms. The SMILES string of the molecule is CC(C)(N)CN1CCC[C@H]2COC[C@H]21.Cl. The normalized spacial score (nSPS) is 32.2. The molecule has 2 heterocycles. The molecule has 0 aromatic heterocycles. The van der Waals surface area contributed by atoms with E-state index in [0.717, 1.165) is 25.7 Å². The Morgan fingerprint density at radius 1 is 1.40 bits per heavy atom. The van der Waals surface area contributed by atoms with Crippen molar-refractivity contribution in [3.8, 4) is 0 Å². The summed E-state index contributed by atoms with van der Waals surface area (Å²) in [5, 5.41) is 0. The van der Waals surface area contributed by atoms with Gasteiger partial charge in [0.1, 0.15) is 0 Å². The Hall–Kier alpha value is 0.170. The highest BCUT2D eigenvalue weighted by atomic mass is 35.5. The number of nitrogens with zero attached hydrogens (tertiary/aromatic N) is 1. The average molecular weight is 235 g/mol. The average Bonchev–Trinajstić information content (AvgIpc) is 2.49. The minimum Gasteiger partial charge on any atom is -0.379 e. The Labute approximate surface area is 98.7 Å². The van der Waals surface area contributed by atoms with Gasteiger partial charge in [0.2, 0.25) is 0 Å². The molecule has 2 fully saturated rings. The monoisotopic (exact) mass is 234 g/mol. The van der Waals surface area contributed by atoms with Gasteiger partial charge in [-0.05, 0) is 33.2 Å². The van der Waals surface area contributed by atoms with Crippen LogP contribution >= 0.6 is 12.4 Å². The van der Waals surface area contributed by atoms with E-state index in [1.165, 1.54) is 19.4 Å². The quantitative estimate of drug-likeness (QED) is 0.782. The van der Waals surface area contributed by atoms with E-state index < -0.39 is 0 Å². The Balaban J connectivity index is 0.00000112. The van der Waals surface area contributed by atoms with E-state index in [9.17, 15) is 0 Å². The molecule has 2 rings (SSSR count). The number of likely N-dealkylation sites (tertiary alicyclic amines) is 1. The summed E-state index contributed by atoms with van der Waals surface area (Å²) in [6.07, 6.45) is 2.65. The zero-order valence-electron chi connectivity index (χ0n) is 9.74. The van der Waals surface area contributed by atoms with Crippen LogP contribution in [0.15, 0.2) is 0 Å². The van der Waals surface area contributed by atoms with Crippen LogP contribution in [-0.2, 0) is 4.74 Å². The highest BCUT2D eigenvalue weighted by Crippen LogP contribution is 2.29. The molecule has 90 valence electrons. The number of nitrogens with two attached hydrogens (primary N) is 1. The lowest BCUT2D eigenvalue weighted by atomic mass is 9.90. The third-order valence-corrected chi connectivity index (χ3v) is 3.26. The summed E-state index contributed by atoms with van der Waals surface area (Å²) in [7, 11) is 0. The van der Waals surface area contributed by atoms with E-state index >= 15 is 0 Å². The smallest absolute Gasteiger partial charge is 0.0625 e. The van der Waals surface area contributed by atoms with Gasteiger partial charge in [-0.3, -0.25) is 4.90 Å². The molecule has 15 heavy (non-hydrogen) atoms. The Morgan fingerprint density at radius 2 is 2.13 bits per heavy atom. The van der Waals surface area contributed by atoms with E-state index in [0.29, 0.717) is 6.04 Å². The molecule has 4 heteroatoms. The molecule has 2 atom stereocenters. The summed E-state index contributed by atoms with van der Waals surface area (Å²) < 4.78 is 5.55. The molecule has 2 saturated heterocycles. The van der Waals surface area contributed by atoms with Gasteiger partial charge >= 0.3 is 0 Å². The van der Waals surface area contributed by atoms with Crippen molar-refractivity contribution in [2.75, 3.05) is 26.3 Å². The van der Waals surface area contributed by atoms with Crippen LogP contribution in [0.25, 0.3) is 0 Å². The minimum atomic E-state index is -0.0789. The van der Waals surface area contributed by atoms with Crippen LogP contribution in [0.3, 0.4) is 0 Å². The number of fused-ring (bicyclic) bond motifs is 1. The van der Waals surface area contributed by atoms with Gasteiger partial charge < -0.3 is 10.5 Å². The molecule has 2 aliphatic heterocycles. The minimum absolute atomic E-state index is 0. The summed E-state index contributed by atoms with van der Waals surface area (Å²) in [4.78, 5) is 2.53. The maximum absolute atomic E-state index is 6.07. The summed E-state index contributed by atoms with van der Waals surface area (Å²) in [5.41, 5.74) is 5.99. The zero-order valence-corrected chi connectivity index (χ0v) is 10.6. The lowest BCUT2D eigenvalue weighted by Crippen LogP contribution is -2.53. The first-order chi connectivity index (χ1) is 6.56. The fraction of sp³-hybridized carbons (Fsp3) is 1.00. The summed E-state index contributed by atoms with van der Waals surface area (Å²) in [5.74, 6) is 0.770. The Bertz CT molecular complexity index is 205. The fourth-order valence-corrected chi connectivity index (χ4v) is 2.71. The molecule has 3 nitrogen and oxygen atoms in total. The molecule has 2 aliphatic rings. The molecule has 0 amide bonds. The van der Waals surface area contributed by atoms with Gasteiger partial charge in [0.25, 0.3) is 0 Å². The Morgan fingerprint density at radius 3 is 2.80 bits per heavy atom. The predicted octanol–water partition coefficient (Wildman–Crippen LogP) is 1.26. The molecule has 0 aromatic carbocycles. The van der Waals surface area contributed by atoms with E-state index in [1.54, 1.807) is 0 Å². The first-order valence-electron chi connectivity index (χ1n) is 5.67. The molecule has 0 bridgehead atoms. The van der Waals surface area contributed by atoms with Crippen LogP contribution in [0.5, 0.6) is 0 Å². The maximum Gasteiger partial charge on any atom is 0.0625 e. The van der Waals surface area contributed by atoms with E-state index in [2.05, 4.69) is 18.7 Å². The van der Waals surface area contributed by atoms with Crippen molar-refractivity contribution in [3.63, 3.8) is 0 Å². The molecule has 0 unspecified atom stereocenters. The molecule has 0 radical (unpaired) electrons. The predicted molar refractivity (Wildman–Crippen MR) is 64.4 cm³/mol. The second-order valence-electron chi connectivity index (χ2n) is 5.47. The number of rotatable bonds is 2. The van der Waals surface area contributed by atoms with Crippen molar-refractivity contribution in [1.82, 2.24) is 4.90 Å². The summed E-state index contributed by atoms with van der Waals surface area (Å²) in [6.45, 7) is 8.29. The molecule has 2 N–H and O–H groups in total. The van der Waals surface area contributed by atoms with E-state index in [1.807, 2.05) is 0 Å². The van der Waals surface area contributed by atoms with Gasteiger partial charge in [0, 0.05) is 24.0 Å². The Kier molecular flexibility index (Phi) is 4.41. The summed E-state index contributed by atoms with van der Waals surface area (Å²) in [6, 6.07) is 0.645. The standard InChI is InChI=1S/C11H22N2O.ClH/c1-11(2,12)8-13-5-3-4-9-6-14-7-10(9)13;/h9-10H,3-8,12H2,1-2H3;1H/t9-,10+;/m0./s1. The van der Waals surface area contributed by atoms with Crippen molar-refractivity contribution in [2.45, 2.75) is 38.3 Å². The second kappa shape index (κ2) is 5.00. The number of halogens is 1. The van der Waals surface area contributed by atoms with Crippen LogP contribution < -0.4 is 5.73 Å². The van der Waals surface area contributed by atoms with Crippen LogP contribution in [-0.4, -0.2) is 42.8 Å². The van der Waals surface area contributed by atoms with Crippen molar-refractivity contribution in [2.24, 2.45) is 11.7 Å². The van der Waals surface area contributed by atoms with Crippen LogP contribution in [0.2, 0.25) is 0 Å². The van der Waals surface area contributed by atoms with Crippen LogP contribution in [0, 0.1) is 5.92 Å². The van der Waals surface area contributed by atoms with E-state index in [-0.39, 0.29) is 17.9 Å². The molecule has 0 aromatic rings. The molecular weight excluding hydrogens is 212 g/mol. The second-order valence-corrected chi connectivity index (χ2v) is 5.47. The first-order valence-corrected chi connectivity index (χ1v) is 5.67. The number of hydrogen-bond donors (Lipinski definition) is 1. The third-order valence-electron chi connectivity index (χ3n) is 3.26. The highest BCUT2D eigenvalue weighted by Gasteiger charge is 2.37. The molecular formula is C11H23ClN2O. The van der Waals surface area contributed by atoms with Crippen LogP contribution in [0.1, 0.15) is 26.7 Å². The maximum atomic E-state index is 6.07.